The van der Waals surface area contributed by atoms with E-state index in [1.165, 1.54) is 42.6 Å². The number of rotatable bonds is 5. The Kier molecular flexibility index (Phi) is 5.68. The van der Waals surface area contributed by atoms with Crippen LogP contribution in [0.5, 0.6) is 11.5 Å². The number of nitrogens with zero attached hydrogens (tertiary/aromatic N) is 2. The van der Waals surface area contributed by atoms with Crippen molar-refractivity contribution in [3.05, 3.63) is 71.4 Å². The van der Waals surface area contributed by atoms with Crippen LogP contribution in [0.4, 0.5) is 13.2 Å². The van der Waals surface area contributed by atoms with Gasteiger partial charge in [-0.15, -0.1) is 0 Å². The van der Waals surface area contributed by atoms with Gasteiger partial charge in [-0.25, -0.2) is 0 Å². The number of alkyl halides is 3. The highest BCUT2D eigenvalue weighted by Crippen LogP contribution is 2.32. The molecule has 0 aliphatic heterocycles. The first-order chi connectivity index (χ1) is 12.2. The summed E-state index contributed by atoms with van der Waals surface area (Å²) >= 11 is 0. The zero-order chi connectivity index (χ0) is 19.3. The van der Waals surface area contributed by atoms with Crippen LogP contribution in [0, 0.1) is 11.3 Å². The van der Waals surface area contributed by atoms with Crippen LogP contribution in [-0.4, -0.2) is 24.8 Å². The Balaban J connectivity index is 2.28. The van der Waals surface area contributed by atoms with Gasteiger partial charge in [0.05, 0.1) is 5.56 Å². The van der Waals surface area contributed by atoms with Crippen LogP contribution in [0.2, 0.25) is 0 Å². The SMILES string of the molecule is CN(C)C=C(C#N)C(=O)c1cccc(Oc2cccc(C(F)(F)F)c2)c1. The van der Waals surface area contributed by atoms with E-state index in [1.54, 1.807) is 19.0 Å². The Labute approximate surface area is 148 Å². The molecule has 0 aromatic heterocycles. The molecule has 26 heavy (non-hydrogen) atoms. The van der Waals surface area contributed by atoms with Gasteiger partial charge in [-0.05, 0) is 30.3 Å². The molecule has 2 rings (SSSR count). The van der Waals surface area contributed by atoms with Gasteiger partial charge in [0.2, 0.25) is 5.78 Å². The van der Waals surface area contributed by atoms with Gasteiger partial charge in [-0.1, -0.05) is 18.2 Å². The number of ketones is 1. The summed E-state index contributed by atoms with van der Waals surface area (Å²) in [5.74, 6) is -0.318. The molecule has 2 aromatic rings. The Morgan fingerprint density at radius 2 is 1.73 bits per heavy atom. The summed E-state index contributed by atoms with van der Waals surface area (Å²) in [7, 11) is 3.36. The van der Waals surface area contributed by atoms with Crippen molar-refractivity contribution in [2.75, 3.05) is 14.1 Å². The summed E-state index contributed by atoms with van der Waals surface area (Å²) in [4.78, 5) is 13.9. The van der Waals surface area contributed by atoms with E-state index < -0.39 is 17.5 Å². The normalized spacial score (nSPS) is 11.6. The minimum Gasteiger partial charge on any atom is -0.457 e. The van der Waals surface area contributed by atoms with E-state index in [1.807, 2.05) is 6.07 Å². The van der Waals surface area contributed by atoms with Crippen molar-refractivity contribution in [2.24, 2.45) is 0 Å². The average Bonchev–Trinajstić information content (AvgIpc) is 2.58. The van der Waals surface area contributed by atoms with Crippen LogP contribution in [0.25, 0.3) is 0 Å². The first-order valence-corrected chi connectivity index (χ1v) is 7.49. The maximum atomic E-state index is 12.8. The van der Waals surface area contributed by atoms with E-state index in [0.717, 1.165) is 12.1 Å². The second-order valence-corrected chi connectivity index (χ2v) is 5.60. The first kappa shape index (κ1) is 19.1. The molecule has 134 valence electrons. The molecule has 0 heterocycles. The van der Waals surface area contributed by atoms with Gasteiger partial charge in [0.1, 0.15) is 23.1 Å². The summed E-state index contributed by atoms with van der Waals surface area (Å²) in [5.41, 5.74) is -0.696. The van der Waals surface area contributed by atoms with Crippen molar-refractivity contribution in [3.8, 4) is 17.6 Å². The van der Waals surface area contributed by atoms with Crippen LogP contribution < -0.4 is 4.74 Å². The van der Waals surface area contributed by atoms with Crippen LogP contribution in [0.1, 0.15) is 15.9 Å². The Bertz CT molecular complexity index is 881. The highest BCUT2D eigenvalue weighted by atomic mass is 19.4. The molecule has 0 N–H and O–H groups in total. The molecule has 0 saturated heterocycles. The summed E-state index contributed by atoms with van der Waals surface area (Å²) in [6.45, 7) is 0. The number of Topliss-reactive ketones (excluding diaryl/α,β-unsaturated/α-hetero) is 1. The molecule has 0 aliphatic carbocycles. The molecule has 0 aliphatic rings. The summed E-state index contributed by atoms with van der Waals surface area (Å²) in [6.07, 6.45) is -3.08. The standard InChI is InChI=1S/C19H15F3N2O2/c1-24(2)12-14(11-23)18(25)13-5-3-7-16(9-13)26-17-8-4-6-15(10-17)19(20,21)22/h3-10,12H,1-2H3. The second kappa shape index (κ2) is 7.74. The number of allylic oxidation sites excluding steroid dienone is 1. The lowest BCUT2D eigenvalue weighted by atomic mass is 10.0. The third-order valence-corrected chi connectivity index (χ3v) is 3.25. The van der Waals surface area contributed by atoms with Crippen molar-refractivity contribution in [3.63, 3.8) is 0 Å². The summed E-state index contributed by atoms with van der Waals surface area (Å²) < 4.78 is 43.7. The number of hydrogen-bond acceptors (Lipinski definition) is 4. The van der Waals surface area contributed by atoms with Gasteiger partial charge in [0, 0.05) is 25.9 Å². The van der Waals surface area contributed by atoms with Crippen molar-refractivity contribution < 1.29 is 22.7 Å². The highest BCUT2D eigenvalue weighted by molar-refractivity contribution is 6.11. The smallest absolute Gasteiger partial charge is 0.416 e. The van der Waals surface area contributed by atoms with E-state index in [4.69, 9.17) is 10.00 Å². The largest absolute Gasteiger partial charge is 0.457 e. The lowest BCUT2D eigenvalue weighted by Gasteiger charge is -2.11. The quantitative estimate of drug-likeness (QED) is 0.442. The second-order valence-electron chi connectivity index (χ2n) is 5.60. The molecule has 0 atom stereocenters. The summed E-state index contributed by atoms with van der Waals surface area (Å²) in [6, 6.07) is 12.2. The fourth-order valence-electron chi connectivity index (χ4n) is 2.12. The van der Waals surface area contributed by atoms with E-state index in [2.05, 4.69) is 0 Å². The Morgan fingerprint density at radius 3 is 2.31 bits per heavy atom. The number of ether oxygens (including phenoxy) is 1. The van der Waals surface area contributed by atoms with Crippen LogP contribution in [0.3, 0.4) is 0 Å². The lowest BCUT2D eigenvalue weighted by Crippen LogP contribution is -2.09. The van der Waals surface area contributed by atoms with E-state index in [9.17, 15) is 18.0 Å². The molecule has 0 unspecified atom stereocenters. The lowest BCUT2D eigenvalue weighted by molar-refractivity contribution is -0.137. The zero-order valence-electron chi connectivity index (χ0n) is 14.0. The van der Waals surface area contributed by atoms with Gasteiger partial charge in [-0.2, -0.15) is 18.4 Å². The first-order valence-electron chi connectivity index (χ1n) is 7.49. The molecule has 0 radical (unpaired) electrons. The van der Waals surface area contributed by atoms with Gasteiger partial charge in [0.25, 0.3) is 0 Å². The van der Waals surface area contributed by atoms with Crippen LogP contribution in [-0.2, 0) is 6.18 Å². The van der Waals surface area contributed by atoms with Gasteiger partial charge < -0.3 is 9.64 Å². The number of carbonyl (C=O) groups is 1. The number of benzene rings is 2. The van der Waals surface area contributed by atoms with Crippen molar-refractivity contribution in [1.29, 1.82) is 5.26 Å². The predicted octanol–water partition coefficient (Wildman–Crippen LogP) is 4.65. The van der Waals surface area contributed by atoms with E-state index in [0.29, 0.717) is 0 Å². The van der Waals surface area contributed by atoms with Crippen molar-refractivity contribution >= 4 is 5.78 Å². The highest BCUT2D eigenvalue weighted by Gasteiger charge is 2.30. The topological polar surface area (TPSA) is 53.3 Å². The van der Waals surface area contributed by atoms with Crippen molar-refractivity contribution in [2.45, 2.75) is 6.18 Å². The molecule has 0 bridgehead atoms. The zero-order valence-corrected chi connectivity index (χ0v) is 14.0. The monoisotopic (exact) mass is 360 g/mol. The molecule has 4 nitrogen and oxygen atoms in total. The molecule has 7 heteroatoms. The van der Waals surface area contributed by atoms with Gasteiger partial charge in [0.15, 0.2) is 0 Å². The maximum absolute atomic E-state index is 12.8. The minimum atomic E-state index is -4.48. The third-order valence-electron chi connectivity index (χ3n) is 3.25. The number of hydrogen-bond donors (Lipinski definition) is 0. The average molecular weight is 360 g/mol. The van der Waals surface area contributed by atoms with Gasteiger partial charge >= 0.3 is 6.18 Å². The van der Waals surface area contributed by atoms with Crippen LogP contribution in [0.15, 0.2) is 60.3 Å². The summed E-state index contributed by atoms with van der Waals surface area (Å²) in [5, 5.41) is 9.11. The minimum absolute atomic E-state index is 0.00577. The fraction of sp³-hybridized carbons (Fsp3) is 0.158. The molecule has 0 amide bonds. The van der Waals surface area contributed by atoms with E-state index >= 15 is 0 Å². The number of carbonyl (C=O) groups excluding carboxylic acids is 1. The van der Waals surface area contributed by atoms with Crippen molar-refractivity contribution in [1.82, 2.24) is 4.90 Å². The molecule has 0 saturated carbocycles. The Hall–Kier alpha value is -3.27. The van der Waals surface area contributed by atoms with Crippen LogP contribution >= 0.6 is 0 Å². The predicted molar refractivity (Wildman–Crippen MR) is 89.7 cm³/mol. The Morgan fingerprint density at radius 1 is 1.12 bits per heavy atom. The molecular formula is C19H15F3N2O2. The molecular weight excluding hydrogens is 345 g/mol. The number of nitriles is 1. The molecule has 2 aromatic carbocycles. The fourth-order valence-corrected chi connectivity index (χ4v) is 2.12. The van der Waals surface area contributed by atoms with E-state index in [-0.39, 0.29) is 22.6 Å². The number of halogens is 3. The van der Waals surface area contributed by atoms with Gasteiger partial charge in [-0.3, -0.25) is 4.79 Å². The molecule has 0 fully saturated rings. The maximum Gasteiger partial charge on any atom is 0.416 e. The molecule has 0 spiro atoms. The third kappa shape index (κ3) is 4.86.